The Bertz CT molecular complexity index is 334. The van der Waals surface area contributed by atoms with Gasteiger partial charge in [0, 0.05) is 16.3 Å². The fraction of sp³-hybridized carbons (Fsp3) is 0.400. The van der Waals surface area contributed by atoms with E-state index in [0.29, 0.717) is 10.7 Å². The van der Waals surface area contributed by atoms with Crippen LogP contribution in [0.1, 0.15) is 24.8 Å². The second-order valence-electron chi connectivity index (χ2n) is 3.62. The molecule has 2 rings (SSSR count). The molecule has 0 heterocycles. The number of rotatable bonds is 1. The van der Waals surface area contributed by atoms with Crippen LogP contribution in [0.25, 0.3) is 0 Å². The van der Waals surface area contributed by atoms with Gasteiger partial charge in [0.25, 0.3) is 0 Å². The van der Waals surface area contributed by atoms with E-state index in [1.54, 1.807) is 18.2 Å². The second-order valence-corrected chi connectivity index (χ2v) is 4.03. The molecular formula is C10H12ClNO. The summed E-state index contributed by atoms with van der Waals surface area (Å²) in [5, 5.41) is 10.7. The number of hydrogen-bond acceptors (Lipinski definition) is 2. The molecule has 0 saturated heterocycles. The third-order valence-corrected chi connectivity index (χ3v) is 3.00. The lowest BCUT2D eigenvalue weighted by Gasteiger charge is -2.37. The summed E-state index contributed by atoms with van der Waals surface area (Å²) in [6.07, 6.45) is 2.63. The van der Waals surface area contributed by atoms with Crippen molar-refractivity contribution < 1.29 is 5.11 Å². The van der Waals surface area contributed by atoms with Crippen molar-refractivity contribution in [2.24, 2.45) is 0 Å². The van der Waals surface area contributed by atoms with Gasteiger partial charge in [0.15, 0.2) is 0 Å². The Kier molecular flexibility index (Phi) is 1.97. The number of nitrogen functional groups attached to an aromatic ring is 1. The van der Waals surface area contributed by atoms with Gasteiger partial charge in [-0.1, -0.05) is 11.6 Å². The van der Waals surface area contributed by atoms with Crippen LogP contribution in [-0.2, 0) is 5.60 Å². The van der Waals surface area contributed by atoms with Crippen LogP contribution in [0.5, 0.6) is 0 Å². The predicted octanol–water partition coefficient (Wildman–Crippen LogP) is 2.29. The Hall–Kier alpha value is -0.730. The van der Waals surface area contributed by atoms with Gasteiger partial charge in [0.1, 0.15) is 0 Å². The largest absolute Gasteiger partial charge is 0.399 e. The van der Waals surface area contributed by atoms with Crippen LogP contribution in [0.4, 0.5) is 5.69 Å². The zero-order valence-electron chi connectivity index (χ0n) is 7.26. The van der Waals surface area contributed by atoms with E-state index in [0.717, 1.165) is 24.8 Å². The molecule has 0 amide bonds. The molecule has 1 aliphatic carbocycles. The maximum Gasteiger partial charge on any atom is 0.0911 e. The fourth-order valence-electron chi connectivity index (χ4n) is 1.68. The molecule has 0 aromatic heterocycles. The zero-order chi connectivity index (χ0) is 9.47. The van der Waals surface area contributed by atoms with Crippen LogP contribution in [0.2, 0.25) is 5.02 Å². The van der Waals surface area contributed by atoms with Crippen LogP contribution in [0.3, 0.4) is 0 Å². The van der Waals surface area contributed by atoms with E-state index in [2.05, 4.69) is 0 Å². The molecule has 70 valence electrons. The summed E-state index contributed by atoms with van der Waals surface area (Å²) >= 11 is 5.98. The van der Waals surface area contributed by atoms with Crippen molar-refractivity contribution in [3.63, 3.8) is 0 Å². The third kappa shape index (κ3) is 1.40. The normalized spacial score (nSPS) is 19.5. The van der Waals surface area contributed by atoms with Crippen molar-refractivity contribution in [2.45, 2.75) is 24.9 Å². The highest BCUT2D eigenvalue weighted by Gasteiger charge is 2.37. The van der Waals surface area contributed by atoms with Crippen molar-refractivity contribution in [2.75, 3.05) is 5.73 Å². The van der Waals surface area contributed by atoms with Gasteiger partial charge < -0.3 is 10.8 Å². The molecule has 1 aromatic carbocycles. The van der Waals surface area contributed by atoms with Gasteiger partial charge in [-0.15, -0.1) is 0 Å². The van der Waals surface area contributed by atoms with Gasteiger partial charge in [0.05, 0.1) is 5.60 Å². The first-order valence-corrected chi connectivity index (χ1v) is 4.77. The van der Waals surface area contributed by atoms with Gasteiger partial charge in [0.2, 0.25) is 0 Å². The van der Waals surface area contributed by atoms with Crippen LogP contribution in [0.15, 0.2) is 18.2 Å². The lowest BCUT2D eigenvalue weighted by molar-refractivity contribution is -0.0386. The van der Waals surface area contributed by atoms with E-state index < -0.39 is 5.60 Å². The summed E-state index contributed by atoms with van der Waals surface area (Å²) in [5.74, 6) is 0. The first-order chi connectivity index (χ1) is 6.12. The van der Waals surface area contributed by atoms with Crippen LogP contribution >= 0.6 is 11.6 Å². The molecule has 0 bridgehead atoms. The number of anilines is 1. The lowest BCUT2D eigenvalue weighted by Crippen LogP contribution is -2.33. The zero-order valence-corrected chi connectivity index (χ0v) is 8.01. The number of benzene rings is 1. The van der Waals surface area contributed by atoms with E-state index in [-0.39, 0.29) is 0 Å². The average molecular weight is 198 g/mol. The van der Waals surface area contributed by atoms with Gasteiger partial charge in [-0.25, -0.2) is 0 Å². The molecule has 13 heavy (non-hydrogen) atoms. The van der Waals surface area contributed by atoms with Gasteiger partial charge >= 0.3 is 0 Å². The molecule has 3 heteroatoms. The smallest absolute Gasteiger partial charge is 0.0911 e. The van der Waals surface area contributed by atoms with Gasteiger partial charge in [-0.3, -0.25) is 0 Å². The van der Waals surface area contributed by atoms with Crippen molar-refractivity contribution in [3.05, 3.63) is 28.8 Å². The molecule has 3 N–H and O–H groups in total. The number of hydrogen-bond donors (Lipinski definition) is 2. The highest BCUT2D eigenvalue weighted by molar-refractivity contribution is 6.31. The van der Waals surface area contributed by atoms with E-state index in [9.17, 15) is 5.11 Å². The Balaban J connectivity index is 2.43. The quantitative estimate of drug-likeness (QED) is 0.679. The summed E-state index contributed by atoms with van der Waals surface area (Å²) in [7, 11) is 0. The Morgan fingerprint density at radius 3 is 2.62 bits per heavy atom. The van der Waals surface area contributed by atoms with Crippen molar-refractivity contribution in [1.82, 2.24) is 0 Å². The van der Waals surface area contributed by atoms with Gasteiger partial charge in [-0.05, 0) is 37.5 Å². The minimum absolute atomic E-state index is 0.608. The first-order valence-electron chi connectivity index (χ1n) is 4.40. The maximum absolute atomic E-state index is 10.0. The highest BCUT2D eigenvalue weighted by atomic mass is 35.5. The van der Waals surface area contributed by atoms with E-state index >= 15 is 0 Å². The summed E-state index contributed by atoms with van der Waals surface area (Å²) < 4.78 is 0. The molecule has 1 fully saturated rings. The molecule has 0 atom stereocenters. The minimum Gasteiger partial charge on any atom is -0.399 e. The standard InChI is InChI=1S/C10H12ClNO/c11-9-3-2-7(12)6-8(9)10(13)4-1-5-10/h2-3,6,13H,1,4-5,12H2. The number of halogens is 1. The number of nitrogens with two attached hydrogens (primary N) is 1. The molecule has 2 nitrogen and oxygen atoms in total. The molecule has 1 aromatic rings. The lowest BCUT2D eigenvalue weighted by atomic mass is 9.75. The molecule has 0 radical (unpaired) electrons. The topological polar surface area (TPSA) is 46.2 Å². The Morgan fingerprint density at radius 1 is 1.38 bits per heavy atom. The summed E-state index contributed by atoms with van der Waals surface area (Å²) in [6.45, 7) is 0. The summed E-state index contributed by atoms with van der Waals surface area (Å²) in [5.41, 5.74) is 6.35. The van der Waals surface area contributed by atoms with Crippen LogP contribution < -0.4 is 5.73 Å². The van der Waals surface area contributed by atoms with Crippen LogP contribution in [0, 0.1) is 0 Å². The summed E-state index contributed by atoms with van der Waals surface area (Å²) in [4.78, 5) is 0. The van der Waals surface area contributed by atoms with E-state index in [1.807, 2.05) is 0 Å². The first kappa shape index (κ1) is 8.85. The second kappa shape index (κ2) is 2.89. The van der Waals surface area contributed by atoms with Crippen molar-refractivity contribution in [1.29, 1.82) is 0 Å². The summed E-state index contributed by atoms with van der Waals surface area (Å²) in [6, 6.07) is 5.25. The molecular weight excluding hydrogens is 186 g/mol. The predicted molar refractivity (Wildman–Crippen MR) is 53.6 cm³/mol. The van der Waals surface area contributed by atoms with E-state index in [1.165, 1.54) is 0 Å². The molecule has 0 aliphatic heterocycles. The van der Waals surface area contributed by atoms with Gasteiger partial charge in [-0.2, -0.15) is 0 Å². The highest BCUT2D eigenvalue weighted by Crippen LogP contribution is 2.44. The average Bonchev–Trinajstić information content (AvgIpc) is 2.05. The maximum atomic E-state index is 10.0. The molecule has 1 aliphatic rings. The van der Waals surface area contributed by atoms with Crippen LogP contribution in [-0.4, -0.2) is 5.11 Å². The van der Waals surface area contributed by atoms with Crippen molar-refractivity contribution >= 4 is 17.3 Å². The van der Waals surface area contributed by atoms with Crippen molar-refractivity contribution in [3.8, 4) is 0 Å². The fourth-order valence-corrected chi connectivity index (χ4v) is 1.97. The third-order valence-electron chi connectivity index (χ3n) is 2.67. The molecule has 0 unspecified atom stereocenters. The monoisotopic (exact) mass is 197 g/mol. The molecule has 0 spiro atoms. The minimum atomic E-state index is -0.716. The number of aliphatic hydroxyl groups is 1. The van der Waals surface area contributed by atoms with E-state index in [4.69, 9.17) is 17.3 Å². The molecule has 1 saturated carbocycles. The Labute approximate surface area is 82.3 Å². The Morgan fingerprint density at radius 2 is 2.08 bits per heavy atom. The SMILES string of the molecule is Nc1ccc(Cl)c(C2(O)CCC2)c1.